The van der Waals surface area contributed by atoms with Crippen LogP contribution in [-0.2, 0) is 10.3 Å². The Morgan fingerprint density at radius 2 is 2.11 bits per heavy atom. The highest BCUT2D eigenvalue weighted by Gasteiger charge is 2.23. The fourth-order valence-corrected chi connectivity index (χ4v) is 1.71. The van der Waals surface area contributed by atoms with Crippen LogP contribution in [0, 0.1) is 6.92 Å². The predicted molar refractivity (Wildman–Crippen MR) is 73.6 cm³/mol. The van der Waals surface area contributed by atoms with E-state index in [0.29, 0.717) is 6.61 Å². The van der Waals surface area contributed by atoms with Crippen LogP contribution in [0.4, 0.5) is 4.79 Å². The first-order valence-corrected chi connectivity index (χ1v) is 6.48. The summed E-state index contributed by atoms with van der Waals surface area (Å²) in [5.41, 5.74) is 1.84. The van der Waals surface area contributed by atoms with Crippen LogP contribution in [0.1, 0.15) is 44.7 Å². The van der Waals surface area contributed by atoms with Gasteiger partial charge in [-0.2, -0.15) is 0 Å². The third-order valence-electron chi connectivity index (χ3n) is 2.89. The van der Waals surface area contributed by atoms with Crippen LogP contribution in [-0.4, -0.2) is 12.7 Å². The molecular formula is C15H23NO2. The van der Waals surface area contributed by atoms with E-state index in [9.17, 15) is 4.79 Å². The monoisotopic (exact) mass is 249 g/mol. The average molecular weight is 249 g/mol. The molecule has 0 bridgehead atoms. The maximum Gasteiger partial charge on any atom is 0.407 e. The fourth-order valence-electron chi connectivity index (χ4n) is 1.71. The molecule has 3 heteroatoms. The molecule has 0 aromatic heterocycles. The number of amides is 1. The molecule has 1 aromatic rings. The summed E-state index contributed by atoms with van der Waals surface area (Å²) in [6.07, 6.45) is 1.57. The van der Waals surface area contributed by atoms with E-state index in [1.807, 2.05) is 39.0 Å². The first kappa shape index (κ1) is 14.6. The number of ether oxygens (including phenoxy) is 1. The molecule has 0 atom stereocenters. The number of unbranched alkanes of at least 4 members (excludes halogenated alkanes) is 1. The van der Waals surface area contributed by atoms with Crippen LogP contribution in [0.25, 0.3) is 0 Å². The average Bonchev–Trinajstić information content (AvgIpc) is 2.28. The molecule has 1 rings (SSSR count). The summed E-state index contributed by atoms with van der Waals surface area (Å²) in [6.45, 7) is 8.54. The molecule has 0 unspecified atom stereocenters. The Balaban J connectivity index is 2.61. The van der Waals surface area contributed by atoms with Crippen molar-refractivity contribution < 1.29 is 9.53 Å². The van der Waals surface area contributed by atoms with Crippen molar-refractivity contribution in [2.75, 3.05) is 6.61 Å². The molecule has 0 aliphatic heterocycles. The quantitative estimate of drug-likeness (QED) is 0.807. The van der Waals surface area contributed by atoms with Crippen molar-refractivity contribution in [3.05, 3.63) is 35.4 Å². The number of hydrogen-bond acceptors (Lipinski definition) is 2. The van der Waals surface area contributed by atoms with Crippen LogP contribution < -0.4 is 5.32 Å². The predicted octanol–water partition coefficient (Wildman–Crippen LogP) is 3.76. The number of hydrogen-bond donors (Lipinski definition) is 1. The lowest BCUT2D eigenvalue weighted by molar-refractivity contribution is 0.134. The molecule has 0 saturated heterocycles. The van der Waals surface area contributed by atoms with Crippen LogP contribution in [0.5, 0.6) is 0 Å². The van der Waals surface area contributed by atoms with Gasteiger partial charge in [0.2, 0.25) is 0 Å². The molecule has 0 fully saturated rings. The van der Waals surface area contributed by atoms with E-state index in [2.05, 4.69) is 18.3 Å². The minimum Gasteiger partial charge on any atom is -0.450 e. The van der Waals surface area contributed by atoms with Gasteiger partial charge in [-0.15, -0.1) is 0 Å². The molecule has 0 spiro atoms. The normalized spacial score (nSPS) is 11.1. The van der Waals surface area contributed by atoms with E-state index in [1.165, 1.54) is 5.56 Å². The SMILES string of the molecule is CCCCOC(=O)NC(C)(C)c1cccc(C)c1. The van der Waals surface area contributed by atoms with Gasteiger partial charge in [-0.1, -0.05) is 43.2 Å². The second-order valence-corrected chi connectivity index (χ2v) is 5.11. The van der Waals surface area contributed by atoms with Crippen molar-refractivity contribution in [3.63, 3.8) is 0 Å². The van der Waals surface area contributed by atoms with E-state index < -0.39 is 5.54 Å². The van der Waals surface area contributed by atoms with Gasteiger partial charge in [-0.05, 0) is 32.8 Å². The highest BCUT2D eigenvalue weighted by molar-refractivity contribution is 5.68. The summed E-state index contributed by atoms with van der Waals surface area (Å²) in [6, 6.07) is 8.13. The highest BCUT2D eigenvalue weighted by Crippen LogP contribution is 2.20. The number of carbonyl (C=O) groups is 1. The summed E-state index contributed by atoms with van der Waals surface area (Å²) < 4.78 is 5.12. The topological polar surface area (TPSA) is 38.3 Å². The Bertz CT molecular complexity index is 399. The first-order valence-electron chi connectivity index (χ1n) is 6.48. The molecule has 3 nitrogen and oxygen atoms in total. The summed E-state index contributed by atoms with van der Waals surface area (Å²) in [5.74, 6) is 0. The van der Waals surface area contributed by atoms with Gasteiger partial charge < -0.3 is 10.1 Å². The van der Waals surface area contributed by atoms with Gasteiger partial charge in [0.1, 0.15) is 0 Å². The Hall–Kier alpha value is -1.51. The lowest BCUT2D eigenvalue weighted by Gasteiger charge is -2.26. The highest BCUT2D eigenvalue weighted by atomic mass is 16.5. The number of benzene rings is 1. The summed E-state index contributed by atoms with van der Waals surface area (Å²) in [7, 11) is 0. The molecule has 0 aliphatic carbocycles. The van der Waals surface area contributed by atoms with Crippen molar-refractivity contribution in [2.24, 2.45) is 0 Å². The lowest BCUT2D eigenvalue weighted by atomic mass is 9.93. The van der Waals surface area contributed by atoms with Crippen molar-refractivity contribution in [3.8, 4) is 0 Å². The van der Waals surface area contributed by atoms with Gasteiger partial charge >= 0.3 is 6.09 Å². The molecular weight excluding hydrogens is 226 g/mol. The zero-order valence-corrected chi connectivity index (χ0v) is 11.7. The van der Waals surface area contributed by atoms with Crippen LogP contribution >= 0.6 is 0 Å². The fraction of sp³-hybridized carbons (Fsp3) is 0.533. The van der Waals surface area contributed by atoms with Crippen LogP contribution in [0.3, 0.4) is 0 Å². The lowest BCUT2D eigenvalue weighted by Crippen LogP contribution is -2.41. The van der Waals surface area contributed by atoms with Gasteiger partial charge in [0, 0.05) is 0 Å². The van der Waals surface area contributed by atoms with Gasteiger partial charge in [0.15, 0.2) is 0 Å². The maximum atomic E-state index is 11.7. The largest absolute Gasteiger partial charge is 0.450 e. The zero-order chi connectivity index (χ0) is 13.6. The zero-order valence-electron chi connectivity index (χ0n) is 11.7. The molecule has 1 amide bonds. The van der Waals surface area contributed by atoms with Crippen molar-refractivity contribution in [1.82, 2.24) is 5.32 Å². The van der Waals surface area contributed by atoms with Crippen molar-refractivity contribution in [2.45, 2.75) is 46.1 Å². The smallest absolute Gasteiger partial charge is 0.407 e. The third-order valence-corrected chi connectivity index (χ3v) is 2.89. The number of alkyl carbamates (subject to hydrolysis) is 1. The van der Waals surface area contributed by atoms with E-state index in [1.54, 1.807) is 0 Å². The van der Waals surface area contributed by atoms with Crippen LogP contribution in [0.15, 0.2) is 24.3 Å². The standard InChI is InChI=1S/C15H23NO2/c1-5-6-10-18-14(17)16-15(3,4)13-9-7-8-12(2)11-13/h7-9,11H,5-6,10H2,1-4H3,(H,16,17). The Kier molecular flexibility index (Phi) is 5.20. The molecule has 1 aromatic carbocycles. The van der Waals surface area contributed by atoms with Gasteiger partial charge in [-0.3, -0.25) is 0 Å². The number of aryl methyl sites for hydroxylation is 1. The number of nitrogens with one attached hydrogen (secondary N) is 1. The molecule has 18 heavy (non-hydrogen) atoms. The third kappa shape index (κ3) is 4.40. The van der Waals surface area contributed by atoms with Crippen LogP contribution in [0.2, 0.25) is 0 Å². The molecule has 0 radical (unpaired) electrons. The van der Waals surface area contributed by atoms with Gasteiger partial charge in [-0.25, -0.2) is 4.79 Å². The van der Waals surface area contributed by atoms with E-state index in [-0.39, 0.29) is 6.09 Å². The number of carbonyl (C=O) groups excluding carboxylic acids is 1. The molecule has 0 saturated carbocycles. The van der Waals surface area contributed by atoms with E-state index >= 15 is 0 Å². The minimum absolute atomic E-state index is 0.352. The summed E-state index contributed by atoms with van der Waals surface area (Å²) in [5, 5.41) is 2.90. The second-order valence-electron chi connectivity index (χ2n) is 5.11. The van der Waals surface area contributed by atoms with Gasteiger partial charge in [0.25, 0.3) is 0 Å². The molecule has 0 heterocycles. The van der Waals surface area contributed by atoms with Crippen molar-refractivity contribution >= 4 is 6.09 Å². The maximum absolute atomic E-state index is 11.7. The Morgan fingerprint density at radius 1 is 1.39 bits per heavy atom. The van der Waals surface area contributed by atoms with Gasteiger partial charge in [0.05, 0.1) is 12.1 Å². The van der Waals surface area contributed by atoms with E-state index in [4.69, 9.17) is 4.74 Å². The summed E-state index contributed by atoms with van der Waals surface area (Å²) in [4.78, 5) is 11.7. The minimum atomic E-state index is -0.421. The van der Waals surface area contributed by atoms with E-state index in [0.717, 1.165) is 18.4 Å². The number of rotatable bonds is 5. The Morgan fingerprint density at radius 3 is 2.72 bits per heavy atom. The summed E-state index contributed by atoms with van der Waals surface area (Å²) >= 11 is 0. The molecule has 0 aliphatic rings. The second kappa shape index (κ2) is 6.43. The molecule has 100 valence electrons. The Labute approximate surface area is 110 Å². The first-order chi connectivity index (χ1) is 8.45. The molecule has 1 N–H and O–H groups in total. The van der Waals surface area contributed by atoms with Crippen molar-refractivity contribution in [1.29, 1.82) is 0 Å².